The fourth-order valence-electron chi connectivity index (χ4n) is 2.61. The van der Waals surface area contributed by atoms with Crippen molar-refractivity contribution in [2.45, 2.75) is 13.0 Å². The molecule has 3 rings (SSSR count). The van der Waals surface area contributed by atoms with Crippen LogP contribution in [0.4, 0.5) is 5.69 Å². The quantitative estimate of drug-likeness (QED) is 0.895. The smallest absolute Gasteiger partial charge is 0.229 e. The number of halogens is 1. The van der Waals surface area contributed by atoms with Crippen molar-refractivity contribution in [1.29, 1.82) is 0 Å². The van der Waals surface area contributed by atoms with Gasteiger partial charge in [0.25, 0.3) is 0 Å². The highest BCUT2D eigenvalue weighted by Gasteiger charge is 2.34. The number of benzene rings is 1. The standard InChI is InChI=1S/C17H16BrN3O2/c18-14-5-1-2-6-15(14)20-17(23)13-8-16(22)21(11-13)10-12-4-3-7-19-9-12/h1-7,9,13H,8,10-11H2,(H,20,23). The van der Waals surface area contributed by atoms with Crippen LogP contribution in [-0.4, -0.2) is 28.2 Å². The molecule has 0 radical (unpaired) electrons. The minimum atomic E-state index is -0.328. The maximum atomic E-state index is 12.4. The molecule has 2 aromatic rings. The predicted molar refractivity (Wildman–Crippen MR) is 90.5 cm³/mol. The van der Waals surface area contributed by atoms with E-state index in [1.54, 1.807) is 17.3 Å². The number of rotatable bonds is 4. The van der Waals surface area contributed by atoms with E-state index in [-0.39, 0.29) is 24.2 Å². The monoisotopic (exact) mass is 373 g/mol. The lowest BCUT2D eigenvalue weighted by Gasteiger charge is -2.16. The third-order valence-corrected chi connectivity index (χ3v) is 4.50. The van der Waals surface area contributed by atoms with E-state index in [1.807, 2.05) is 36.4 Å². The van der Waals surface area contributed by atoms with Crippen LogP contribution >= 0.6 is 15.9 Å². The summed E-state index contributed by atoms with van der Waals surface area (Å²) in [4.78, 5) is 30.3. The Morgan fingerprint density at radius 2 is 2.13 bits per heavy atom. The average Bonchev–Trinajstić information content (AvgIpc) is 2.92. The lowest BCUT2D eigenvalue weighted by Crippen LogP contribution is -2.28. The van der Waals surface area contributed by atoms with E-state index in [0.29, 0.717) is 13.1 Å². The van der Waals surface area contributed by atoms with Crippen molar-refractivity contribution >= 4 is 33.4 Å². The van der Waals surface area contributed by atoms with Gasteiger partial charge in [-0.25, -0.2) is 0 Å². The number of pyridine rings is 1. The maximum Gasteiger partial charge on any atom is 0.229 e. The zero-order valence-electron chi connectivity index (χ0n) is 12.4. The Kier molecular flexibility index (Phi) is 4.71. The Bertz CT molecular complexity index is 721. The molecule has 0 saturated carbocycles. The van der Waals surface area contributed by atoms with Gasteiger partial charge in [-0.15, -0.1) is 0 Å². The molecular weight excluding hydrogens is 358 g/mol. The van der Waals surface area contributed by atoms with Crippen LogP contribution in [0.2, 0.25) is 0 Å². The predicted octanol–water partition coefficient (Wildman–Crippen LogP) is 2.83. The van der Waals surface area contributed by atoms with E-state index >= 15 is 0 Å². The second-order valence-electron chi connectivity index (χ2n) is 5.51. The summed E-state index contributed by atoms with van der Waals surface area (Å²) in [6, 6.07) is 11.2. The van der Waals surface area contributed by atoms with Crippen LogP contribution in [0.25, 0.3) is 0 Å². The first-order valence-electron chi connectivity index (χ1n) is 7.35. The summed E-state index contributed by atoms with van der Waals surface area (Å²) in [7, 11) is 0. The first-order chi connectivity index (χ1) is 11.1. The number of nitrogens with one attached hydrogen (secondary N) is 1. The summed E-state index contributed by atoms with van der Waals surface area (Å²) in [6.45, 7) is 0.926. The Morgan fingerprint density at radius 3 is 2.87 bits per heavy atom. The second kappa shape index (κ2) is 6.91. The highest BCUT2D eigenvalue weighted by molar-refractivity contribution is 9.10. The molecule has 0 spiro atoms. The summed E-state index contributed by atoms with van der Waals surface area (Å²) in [5.41, 5.74) is 1.68. The number of amides is 2. The fraction of sp³-hybridized carbons (Fsp3) is 0.235. The van der Waals surface area contributed by atoms with Crippen LogP contribution in [0, 0.1) is 5.92 Å². The first kappa shape index (κ1) is 15.7. The van der Waals surface area contributed by atoms with Crippen molar-refractivity contribution in [2.24, 2.45) is 5.92 Å². The number of likely N-dealkylation sites (tertiary alicyclic amines) is 1. The molecule has 1 aromatic heterocycles. The molecule has 1 atom stereocenters. The molecule has 1 aliphatic rings. The van der Waals surface area contributed by atoms with E-state index in [4.69, 9.17) is 0 Å². The molecule has 5 nitrogen and oxygen atoms in total. The Balaban J connectivity index is 1.63. The molecule has 1 fully saturated rings. The molecule has 6 heteroatoms. The minimum Gasteiger partial charge on any atom is -0.337 e. The molecule has 2 amide bonds. The van der Waals surface area contributed by atoms with E-state index in [0.717, 1.165) is 15.7 Å². The van der Waals surface area contributed by atoms with Crippen molar-refractivity contribution in [2.75, 3.05) is 11.9 Å². The number of hydrogen-bond acceptors (Lipinski definition) is 3. The zero-order chi connectivity index (χ0) is 16.2. The van der Waals surface area contributed by atoms with Gasteiger partial charge in [0.2, 0.25) is 11.8 Å². The second-order valence-corrected chi connectivity index (χ2v) is 6.36. The number of carbonyl (C=O) groups excluding carboxylic acids is 2. The molecule has 1 aromatic carbocycles. The third-order valence-electron chi connectivity index (χ3n) is 3.81. The van der Waals surface area contributed by atoms with Gasteiger partial charge >= 0.3 is 0 Å². The van der Waals surface area contributed by atoms with Gasteiger partial charge in [0.1, 0.15) is 0 Å². The Hall–Kier alpha value is -2.21. The maximum absolute atomic E-state index is 12.4. The summed E-state index contributed by atoms with van der Waals surface area (Å²) in [5.74, 6) is -0.452. The SMILES string of the molecule is O=C(Nc1ccccc1Br)C1CC(=O)N(Cc2cccnc2)C1. The van der Waals surface area contributed by atoms with E-state index in [1.165, 1.54) is 0 Å². The van der Waals surface area contributed by atoms with E-state index in [9.17, 15) is 9.59 Å². The van der Waals surface area contributed by atoms with Crippen LogP contribution in [0.15, 0.2) is 53.3 Å². The number of anilines is 1. The van der Waals surface area contributed by atoms with Gasteiger partial charge in [0.15, 0.2) is 0 Å². The lowest BCUT2D eigenvalue weighted by molar-refractivity contribution is -0.128. The lowest BCUT2D eigenvalue weighted by atomic mass is 10.1. The largest absolute Gasteiger partial charge is 0.337 e. The van der Waals surface area contributed by atoms with Gasteiger partial charge < -0.3 is 10.2 Å². The number of nitrogens with zero attached hydrogens (tertiary/aromatic N) is 2. The molecule has 0 bridgehead atoms. The average molecular weight is 374 g/mol. The van der Waals surface area contributed by atoms with Gasteiger partial charge in [-0.1, -0.05) is 18.2 Å². The van der Waals surface area contributed by atoms with Gasteiger partial charge in [-0.2, -0.15) is 0 Å². The molecule has 23 heavy (non-hydrogen) atoms. The van der Waals surface area contributed by atoms with Crippen LogP contribution in [0.1, 0.15) is 12.0 Å². The Morgan fingerprint density at radius 1 is 1.30 bits per heavy atom. The fourth-order valence-corrected chi connectivity index (χ4v) is 2.99. The molecule has 1 N–H and O–H groups in total. The highest BCUT2D eigenvalue weighted by Crippen LogP contribution is 2.25. The summed E-state index contributed by atoms with van der Waals surface area (Å²) < 4.78 is 0.824. The van der Waals surface area contributed by atoms with Gasteiger partial charge in [-0.3, -0.25) is 14.6 Å². The van der Waals surface area contributed by atoms with Gasteiger partial charge in [0.05, 0.1) is 11.6 Å². The molecule has 2 heterocycles. The topological polar surface area (TPSA) is 62.3 Å². The molecule has 1 unspecified atom stereocenters. The molecule has 1 saturated heterocycles. The first-order valence-corrected chi connectivity index (χ1v) is 8.15. The summed E-state index contributed by atoms with van der Waals surface area (Å²) >= 11 is 3.40. The van der Waals surface area contributed by atoms with E-state index in [2.05, 4.69) is 26.2 Å². The van der Waals surface area contributed by atoms with Crippen molar-refractivity contribution < 1.29 is 9.59 Å². The molecule has 0 aliphatic carbocycles. The zero-order valence-corrected chi connectivity index (χ0v) is 14.0. The van der Waals surface area contributed by atoms with Crippen LogP contribution in [0.3, 0.4) is 0 Å². The number of para-hydroxylation sites is 1. The summed E-state index contributed by atoms with van der Waals surface area (Å²) in [6.07, 6.45) is 3.68. The van der Waals surface area contributed by atoms with E-state index < -0.39 is 0 Å². The van der Waals surface area contributed by atoms with Crippen molar-refractivity contribution in [3.8, 4) is 0 Å². The molecular formula is C17H16BrN3O2. The van der Waals surface area contributed by atoms with Gasteiger partial charge in [-0.05, 0) is 39.7 Å². The highest BCUT2D eigenvalue weighted by atomic mass is 79.9. The molecule has 1 aliphatic heterocycles. The normalized spacial score (nSPS) is 17.3. The van der Waals surface area contributed by atoms with Crippen molar-refractivity contribution in [1.82, 2.24) is 9.88 Å². The minimum absolute atomic E-state index is 0.00105. The van der Waals surface area contributed by atoms with Crippen LogP contribution in [-0.2, 0) is 16.1 Å². The van der Waals surface area contributed by atoms with Crippen LogP contribution in [0.5, 0.6) is 0 Å². The number of aromatic nitrogens is 1. The third kappa shape index (κ3) is 3.76. The van der Waals surface area contributed by atoms with Gasteiger partial charge in [0, 0.05) is 36.4 Å². The Labute approximate surface area is 142 Å². The van der Waals surface area contributed by atoms with Crippen LogP contribution < -0.4 is 5.32 Å². The van der Waals surface area contributed by atoms with Crippen molar-refractivity contribution in [3.05, 3.63) is 58.8 Å². The molecule has 118 valence electrons. The number of carbonyl (C=O) groups is 2. The summed E-state index contributed by atoms with van der Waals surface area (Å²) in [5, 5.41) is 2.88. The van der Waals surface area contributed by atoms with Crippen molar-refractivity contribution in [3.63, 3.8) is 0 Å². The number of hydrogen-bond donors (Lipinski definition) is 1.